The molecule has 6 heteroatoms. The zero-order chi connectivity index (χ0) is 13.7. The standard InChI is InChI=1S/C13H18FN3OS/c14-11-8-10(15)2-3-12(11)19-9-13(18)17-6-1-4-16-5-7-17/h2-3,8,16H,1,4-7,9,15H2. The summed E-state index contributed by atoms with van der Waals surface area (Å²) < 4.78 is 13.6. The molecule has 4 nitrogen and oxygen atoms in total. The van der Waals surface area contributed by atoms with Crippen LogP contribution in [0.5, 0.6) is 0 Å². The number of anilines is 1. The molecule has 0 spiro atoms. The predicted molar refractivity (Wildman–Crippen MR) is 75.6 cm³/mol. The largest absolute Gasteiger partial charge is 0.399 e. The second kappa shape index (κ2) is 6.77. The van der Waals surface area contributed by atoms with E-state index in [0.29, 0.717) is 10.6 Å². The van der Waals surface area contributed by atoms with Gasteiger partial charge >= 0.3 is 0 Å². The minimum atomic E-state index is -0.365. The highest BCUT2D eigenvalue weighted by Crippen LogP contribution is 2.23. The molecule has 1 saturated heterocycles. The molecule has 0 unspecified atom stereocenters. The van der Waals surface area contributed by atoms with Crippen LogP contribution in [-0.2, 0) is 4.79 Å². The molecule has 0 bridgehead atoms. The van der Waals surface area contributed by atoms with Crippen LogP contribution in [0.1, 0.15) is 6.42 Å². The molecule has 0 aliphatic carbocycles. The number of thioether (sulfide) groups is 1. The van der Waals surface area contributed by atoms with Crippen molar-refractivity contribution < 1.29 is 9.18 Å². The number of carbonyl (C=O) groups is 1. The lowest BCUT2D eigenvalue weighted by molar-refractivity contribution is -0.128. The SMILES string of the molecule is Nc1ccc(SCC(=O)N2CCCNCC2)c(F)c1. The van der Waals surface area contributed by atoms with Gasteiger partial charge in [-0.1, -0.05) is 0 Å². The van der Waals surface area contributed by atoms with E-state index in [9.17, 15) is 9.18 Å². The highest BCUT2D eigenvalue weighted by molar-refractivity contribution is 8.00. The number of nitrogens with two attached hydrogens (primary N) is 1. The molecule has 1 aliphatic heterocycles. The van der Waals surface area contributed by atoms with Gasteiger partial charge < -0.3 is 16.0 Å². The molecule has 1 amide bonds. The van der Waals surface area contributed by atoms with Gasteiger partial charge in [-0.25, -0.2) is 4.39 Å². The zero-order valence-electron chi connectivity index (χ0n) is 10.7. The Morgan fingerprint density at radius 3 is 3.05 bits per heavy atom. The van der Waals surface area contributed by atoms with Crippen molar-refractivity contribution in [2.24, 2.45) is 0 Å². The maximum Gasteiger partial charge on any atom is 0.232 e. The van der Waals surface area contributed by atoms with Crippen molar-refractivity contribution >= 4 is 23.4 Å². The Morgan fingerprint density at radius 2 is 2.26 bits per heavy atom. The number of nitrogen functional groups attached to an aromatic ring is 1. The summed E-state index contributed by atoms with van der Waals surface area (Å²) in [6.45, 7) is 3.27. The number of nitrogens with one attached hydrogen (secondary N) is 1. The molecule has 0 atom stereocenters. The number of halogens is 1. The lowest BCUT2D eigenvalue weighted by Gasteiger charge is -2.19. The molecule has 0 saturated carbocycles. The Labute approximate surface area is 116 Å². The second-order valence-electron chi connectivity index (χ2n) is 4.46. The molecule has 0 aromatic heterocycles. The van der Waals surface area contributed by atoms with E-state index in [1.54, 1.807) is 12.1 Å². The van der Waals surface area contributed by atoms with Crippen LogP contribution in [-0.4, -0.2) is 42.7 Å². The van der Waals surface area contributed by atoms with Crippen LogP contribution in [0.2, 0.25) is 0 Å². The van der Waals surface area contributed by atoms with Crippen molar-refractivity contribution in [3.05, 3.63) is 24.0 Å². The molecule has 3 N–H and O–H groups in total. The Kier molecular flexibility index (Phi) is 5.04. The number of carbonyl (C=O) groups excluding carboxylic acids is 1. The van der Waals surface area contributed by atoms with E-state index in [1.807, 2.05) is 4.90 Å². The molecule has 1 aromatic carbocycles. The van der Waals surface area contributed by atoms with E-state index in [-0.39, 0.29) is 17.5 Å². The van der Waals surface area contributed by atoms with Crippen LogP contribution in [0.15, 0.2) is 23.1 Å². The van der Waals surface area contributed by atoms with Gasteiger partial charge in [0, 0.05) is 30.2 Å². The first-order chi connectivity index (χ1) is 9.16. The monoisotopic (exact) mass is 283 g/mol. The number of hydrogen-bond acceptors (Lipinski definition) is 4. The fourth-order valence-corrected chi connectivity index (χ4v) is 2.78. The van der Waals surface area contributed by atoms with E-state index in [1.165, 1.54) is 17.8 Å². The van der Waals surface area contributed by atoms with Crippen molar-refractivity contribution in [3.63, 3.8) is 0 Å². The Morgan fingerprint density at radius 1 is 1.42 bits per heavy atom. The quantitative estimate of drug-likeness (QED) is 0.649. The average molecular weight is 283 g/mol. The van der Waals surface area contributed by atoms with Crippen LogP contribution in [0.25, 0.3) is 0 Å². The predicted octanol–water partition coefficient (Wildman–Crippen LogP) is 1.32. The topological polar surface area (TPSA) is 58.4 Å². The average Bonchev–Trinajstić information content (AvgIpc) is 2.66. The summed E-state index contributed by atoms with van der Waals surface area (Å²) in [4.78, 5) is 14.3. The Hall–Kier alpha value is -1.27. The van der Waals surface area contributed by atoms with Crippen molar-refractivity contribution in [1.82, 2.24) is 10.2 Å². The molecular formula is C13H18FN3OS. The summed E-state index contributed by atoms with van der Waals surface area (Å²) in [6, 6.07) is 4.54. The molecule has 0 radical (unpaired) electrons. The van der Waals surface area contributed by atoms with Crippen LogP contribution >= 0.6 is 11.8 Å². The molecule has 104 valence electrons. The van der Waals surface area contributed by atoms with Gasteiger partial charge in [0.25, 0.3) is 0 Å². The van der Waals surface area contributed by atoms with Gasteiger partial charge in [0.1, 0.15) is 5.82 Å². The number of nitrogens with zero attached hydrogens (tertiary/aromatic N) is 1. The molecule has 2 rings (SSSR count). The fourth-order valence-electron chi connectivity index (χ4n) is 1.96. The van der Waals surface area contributed by atoms with E-state index >= 15 is 0 Å². The van der Waals surface area contributed by atoms with Gasteiger partial charge in [-0.3, -0.25) is 4.79 Å². The highest BCUT2D eigenvalue weighted by atomic mass is 32.2. The van der Waals surface area contributed by atoms with Crippen molar-refractivity contribution in [2.75, 3.05) is 37.7 Å². The van der Waals surface area contributed by atoms with E-state index in [4.69, 9.17) is 5.73 Å². The number of rotatable bonds is 3. The first kappa shape index (κ1) is 14.1. The summed E-state index contributed by atoms with van der Waals surface area (Å²) >= 11 is 1.22. The number of amides is 1. The normalized spacial score (nSPS) is 16.2. The second-order valence-corrected chi connectivity index (χ2v) is 5.48. The van der Waals surface area contributed by atoms with E-state index in [0.717, 1.165) is 32.6 Å². The van der Waals surface area contributed by atoms with Gasteiger partial charge in [-0.15, -0.1) is 11.8 Å². The maximum absolute atomic E-state index is 13.6. The number of hydrogen-bond donors (Lipinski definition) is 2. The van der Waals surface area contributed by atoms with Crippen molar-refractivity contribution in [1.29, 1.82) is 0 Å². The third-order valence-electron chi connectivity index (χ3n) is 3.00. The minimum absolute atomic E-state index is 0.0601. The fraction of sp³-hybridized carbons (Fsp3) is 0.462. The Balaban J connectivity index is 1.88. The summed E-state index contributed by atoms with van der Waals surface area (Å²) in [5.41, 5.74) is 5.88. The zero-order valence-corrected chi connectivity index (χ0v) is 11.5. The summed E-state index contributed by atoms with van der Waals surface area (Å²) in [5.74, 6) is -0.0406. The van der Waals surface area contributed by atoms with Crippen LogP contribution in [0.4, 0.5) is 10.1 Å². The third kappa shape index (κ3) is 4.11. The van der Waals surface area contributed by atoms with Crippen LogP contribution in [0, 0.1) is 5.82 Å². The molecule has 1 heterocycles. The van der Waals surface area contributed by atoms with Crippen LogP contribution < -0.4 is 11.1 Å². The van der Waals surface area contributed by atoms with Gasteiger partial charge in [0.05, 0.1) is 5.75 Å². The van der Waals surface area contributed by atoms with Crippen molar-refractivity contribution in [3.8, 4) is 0 Å². The molecule has 1 aliphatic rings. The smallest absolute Gasteiger partial charge is 0.232 e. The molecular weight excluding hydrogens is 265 g/mol. The van der Waals surface area contributed by atoms with Gasteiger partial charge in [0.15, 0.2) is 0 Å². The summed E-state index contributed by atoms with van der Waals surface area (Å²) in [6.07, 6.45) is 0.965. The number of benzene rings is 1. The molecule has 1 aromatic rings. The van der Waals surface area contributed by atoms with Crippen molar-refractivity contribution in [2.45, 2.75) is 11.3 Å². The molecule has 1 fully saturated rings. The van der Waals surface area contributed by atoms with E-state index < -0.39 is 0 Å². The first-order valence-corrected chi connectivity index (χ1v) is 7.31. The lowest BCUT2D eigenvalue weighted by atomic mass is 10.3. The van der Waals surface area contributed by atoms with E-state index in [2.05, 4.69) is 5.32 Å². The maximum atomic E-state index is 13.6. The van der Waals surface area contributed by atoms with Crippen LogP contribution in [0.3, 0.4) is 0 Å². The molecule has 19 heavy (non-hydrogen) atoms. The third-order valence-corrected chi connectivity index (χ3v) is 4.03. The summed E-state index contributed by atoms with van der Waals surface area (Å²) in [5, 5.41) is 3.25. The van der Waals surface area contributed by atoms with Gasteiger partial charge in [0.2, 0.25) is 5.91 Å². The minimum Gasteiger partial charge on any atom is -0.399 e. The first-order valence-electron chi connectivity index (χ1n) is 6.33. The summed E-state index contributed by atoms with van der Waals surface area (Å²) in [7, 11) is 0. The van der Waals surface area contributed by atoms with Gasteiger partial charge in [-0.05, 0) is 31.2 Å². The van der Waals surface area contributed by atoms with Gasteiger partial charge in [-0.2, -0.15) is 0 Å². The lowest BCUT2D eigenvalue weighted by Crippen LogP contribution is -2.35. The highest BCUT2D eigenvalue weighted by Gasteiger charge is 2.16. The Bertz CT molecular complexity index is 448.